The molecule has 0 bridgehead atoms. The smallest absolute Gasteiger partial charge is 0.225 e. The summed E-state index contributed by atoms with van der Waals surface area (Å²) in [5.74, 6) is 0.205. The van der Waals surface area contributed by atoms with Gasteiger partial charge < -0.3 is 5.32 Å². The summed E-state index contributed by atoms with van der Waals surface area (Å²) < 4.78 is 22.2. The van der Waals surface area contributed by atoms with Crippen LogP contribution in [0.3, 0.4) is 0 Å². The molecule has 0 aromatic heterocycles. The van der Waals surface area contributed by atoms with Crippen LogP contribution in [0.25, 0.3) is 0 Å². The molecule has 0 saturated carbocycles. The number of hydrogen-bond donors (Lipinski definition) is 1. The van der Waals surface area contributed by atoms with Crippen LogP contribution in [0.5, 0.6) is 0 Å². The van der Waals surface area contributed by atoms with Crippen molar-refractivity contribution in [1.82, 2.24) is 5.32 Å². The Morgan fingerprint density at radius 2 is 1.93 bits per heavy atom. The third-order valence-electron chi connectivity index (χ3n) is 2.25. The molecule has 82 valence electrons. The molecule has 1 amide bonds. The Morgan fingerprint density at radius 1 is 1.36 bits per heavy atom. The van der Waals surface area contributed by atoms with Gasteiger partial charge in [-0.2, -0.15) is 0 Å². The van der Waals surface area contributed by atoms with Crippen LogP contribution in [0.4, 0.5) is 0 Å². The Morgan fingerprint density at radius 3 is 2.29 bits per heavy atom. The fraction of sp³-hybridized carbons (Fsp3) is 0.889. The topological polar surface area (TPSA) is 63.2 Å². The minimum atomic E-state index is -2.90. The molecule has 0 unspecified atom stereocenters. The number of carbonyl (C=O) groups excluding carboxylic acids is 1. The molecule has 1 saturated heterocycles. The summed E-state index contributed by atoms with van der Waals surface area (Å²) in [7, 11) is -2.90. The zero-order valence-corrected chi connectivity index (χ0v) is 9.65. The molecular weight excluding hydrogens is 202 g/mol. The van der Waals surface area contributed by atoms with Gasteiger partial charge in [-0.1, -0.05) is 20.8 Å². The van der Waals surface area contributed by atoms with E-state index in [2.05, 4.69) is 5.32 Å². The number of carbonyl (C=O) groups is 1. The first kappa shape index (κ1) is 11.5. The average molecular weight is 219 g/mol. The fourth-order valence-electron chi connectivity index (χ4n) is 1.31. The van der Waals surface area contributed by atoms with Gasteiger partial charge in [-0.3, -0.25) is 4.79 Å². The van der Waals surface area contributed by atoms with Gasteiger partial charge in [0.2, 0.25) is 5.91 Å². The van der Waals surface area contributed by atoms with Crippen molar-refractivity contribution in [2.24, 2.45) is 5.41 Å². The van der Waals surface area contributed by atoms with Crippen molar-refractivity contribution >= 4 is 15.7 Å². The summed E-state index contributed by atoms with van der Waals surface area (Å²) in [6, 6.07) is -0.188. The van der Waals surface area contributed by atoms with Crippen LogP contribution in [0.2, 0.25) is 0 Å². The molecule has 1 aliphatic rings. The average Bonchev–Trinajstić information content (AvgIpc) is 2.28. The second-order valence-electron chi connectivity index (χ2n) is 4.82. The molecular formula is C9H17NO3S. The van der Waals surface area contributed by atoms with Crippen molar-refractivity contribution in [3.05, 3.63) is 0 Å². The maximum Gasteiger partial charge on any atom is 0.225 e. The predicted octanol–water partition coefficient (Wildman–Crippen LogP) is 0.336. The molecule has 0 radical (unpaired) electrons. The van der Waals surface area contributed by atoms with E-state index in [0.29, 0.717) is 6.42 Å². The second kappa shape index (κ2) is 3.53. The first-order valence-electron chi connectivity index (χ1n) is 4.72. The predicted molar refractivity (Wildman–Crippen MR) is 54.7 cm³/mol. The number of nitrogens with one attached hydrogen (secondary N) is 1. The lowest BCUT2D eigenvalue weighted by atomic mass is 9.95. The van der Waals surface area contributed by atoms with Crippen LogP contribution in [0, 0.1) is 5.41 Å². The highest BCUT2D eigenvalue weighted by molar-refractivity contribution is 7.91. The molecule has 0 spiro atoms. The van der Waals surface area contributed by atoms with Crippen molar-refractivity contribution in [1.29, 1.82) is 0 Å². The van der Waals surface area contributed by atoms with Gasteiger partial charge in [-0.05, 0) is 6.42 Å². The third kappa shape index (κ3) is 2.97. The maximum absolute atomic E-state index is 11.5. The van der Waals surface area contributed by atoms with Gasteiger partial charge in [0, 0.05) is 11.5 Å². The summed E-state index contributed by atoms with van der Waals surface area (Å²) in [4.78, 5) is 11.5. The number of rotatable bonds is 1. The van der Waals surface area contributed by atoms with Crippen LogP contribution in [0.1, 0.15) is 27.2 Å². The van der Waals surface area contributed by atoms with Crippen LogP contribution in [-0.2, 0) is 14.6 Å². The van der Waals surface area contributed by atoms with E-state index in [-0.39, 0.29) is 23.5 Å². The first-order chi connectivity index (χ1) is 6.21. The highest BCUT2D eigenvalue weighted by Crippen LogP contribution is 2.16. The van der Waals surface area contributed by atoms with Crippen molar-refractivity contribution in [3.8, 4) is 0 Å². The number of amides is 1. The monoisotopic (exact) mass is 219 g/mol. The van der Waals surface area contributed by atoms with Crippen LogP contribution < -0.4 is 5.32 Å². The highest BCUT2D eigenvalue weighted by Gasteiger charge is 2.31. The van der Waals surface area contributed by atoms with Gasteiger partial charge in [-0.15, -0.1) is 0 Å². The SMILES string of the molecule is CC(C)(C)C(=O)N[C@@H]1CCS(=O)(=O)C1. The summed E-state index contributed by atoms with van der Waals surface area (Å²) in [6.45, 7) is 5.43. The molecule has 0 aromatic carbocycles. The second-order valence-corrected chi connectivity index (χ2v) is 7.05. The summed E-state index contributed by atoms with van der Waals surface area (Å²) in [5, 5.41) is 2.76. The minimum Gasteiger partial charge on any atom is -0.352 e. The molecule has 1 heterocycles. The Balaban J connectivity index is 2.53. The van der Waals surface area contributed by atoms with E-state index in [1.165, 1.54) is 0 Å². The van der Waals surface area contributed by atoms with E-state index in [9.17, 15) is 13.2 Å². The lowest BCUT2D eigenvalue weighted by Gasteiger charge is -2.20. The standard InChI is InChI=1S/C9H17NO3S/c1-9(2,3)8(11)10-7-4-5-14(12,13)6-7/h7H,4-6H2,1-3H3,(H,10,11)/t7-/m1/s1. The maximum atomic E-state index is 11.5. The zero-order valence-electron chi connectivity index (χ0n) is 8.83. The largest absolute Gasteiger partial charge is 0.352 e. The van der Waals surface area contributed by atoms with E-state index in [0.717, 1.165) is 0 Å². The van der Waals surface area contributed by atoms with Gasteiger partial charge in [0.15, 0.2) is 9.84 Å². The number of hydrogen-bond acceptors (Lipinski definition) is 3. The van der Waals surface area contributed by atoms with Gasteiger partial charge in [0.1, 0.15) is 0 Å². The molecule has 14 heavy (non-hydrogen) atoms. The molecule has 5 heteroatoms. The van der Waals surface area contributed by atoms with Gasteiger partial charge in [0.05, 0.1) is 11.5 Å². The van der Waals surface area contributed by atoms with E-state index in [4.69, 9.17) is 0 Å². The lowest BCUT2D eigenvalue weighted by Crippen LogP contribution is -2.42. The summed E-state index contributed by atoms with van der Waals surface area (Å²) >= 11 is 0. The van der Waals surface area contributed by atoms with Crippen LogP contribution >= 0.6 is 0 Å². The molecule has 1 aliphatic heterocycles. The first-order valence-corrected chi connectivity index (χ1v) is 6.54. The summed E-state index contributed by atoms with van der Waals surface area (Å²) in [6.07, 6.45) is 0.546. The minimum absolute atomic E-state index is 0.0837. The van der Waals surface area contributed by atoms with Crippen molar-refractivity contribution in [2.45, 2.75) is 33.2 Å². The highest BCUT2D eigenvalue weighted by atomic mass is 32.2. The zero-order chi connectivity index (χ0) is 11.0. The molecule has 1 fully saturated rings. The van der Waals surface area contributed by atoms with E-state index in [1.54, 1.807) is 0 Å². The molecule has 0 aliphatic carbocycles. The van der Waals surface area contributed by atoms with Crippen LogP contribution in [-0.4, -0.2) is 31.9 Å². The quantitative estimate of drug-likeness (QED) is 0.691. The van der Waals surface area contributed by atoms with Gasteiger partial charge in [-0.25, -0.2) is 8.42 Å². The third-order valence-corrected chi connectivity index (χ3v) is 4.02. The lowest BCUT2D eigenvalue weighted by molar-refractivity contribution is -0.129. The Kier molecular flexibility index (Phi) is 2.90. The molecule has 1 rings (SSSR count). The molecule has 0 aromatic rings. The van der Waals surface area contributed by atoms with Crippen LogP contribution in [0.15, 0.2) is 0 Å². The Hall–Kier alpha value is -0.580. The number of sulfone groups is 1. The van der Waals surface area contributed by atoms with E-state index >= 15 is 0 Å². The molecule has 4 nitrogen and oxygen atoms in total. The molecule has 1 atom stereocenters. The Labute approximate surface area is 85.0 Å². The fourth-order valence-corrected chi connectivity index (χ4v) is 2.98. The van der Waals surface area contributed by atoms with Crippen molar-refractivity contribution in [2.75, 3.05) is 11.5 Å². The van der Waals surface area contributed by atoms with E-state index in [1.807, 2.05) is 20.8 Å². The Bertz CT molecular complexity index is 326. The van der Waals surface area contributed by atoms with Crippen molar-refractivity contribution in [3.63, 3.8) is 0 Å². The molecule has 1 N–H and O–H groups in total. The normalized spacial score (nSPS) is 26.1. The van der Waals surface area contributed by atoms with Crippen molar-refractivity contribution < 1.29 is 13.2 Å². The summed E-state index contributed by atoms with van der Waals surface area (Å²) in [5.41, 5.74) is -0.452. The van der Waals surface area contributed by atoms with Gasteiger partial charge >= 0.3 is 0 Å². The van der Waals surface area contributed by atoms with E-state index < -0.39 is 15.3 Å². The van der Waals surface area contributed by atoms with Gasteiger partial charge in [0.25, 0.3) is 0 Å².